The Morgan fingerprint density at radius 1 is 1.31 bits per heavy atom. The minimum Gasteiger partial charge on any atom is -0.479 e. The number of terminal acetylenes is 1. The van der Waals surface area contributed by atoms with Crippen molar-refractivity contribution in [2.24, 2.45) is 0 Å². The van der Waals surface area contributed by atoms with Gasteiger partial charge in [-0.1, -0.05) is 41.3 Å². The van der Waals surface area contributed by atoms with Crippen LogP contribution in [-0.4, -0.2) is 23.5 Å². The second-order valence-corrected chi connectivity index (χ2v) is 8.53. The number of ether oxygens (including phenoxy) is 1. The Bertz CT molecular complexity index is 1220. The van der Waals surface area contributed by atoms with E-state index in [0.717, 1.165) is 10.5 Å². The third-order valence-electron chi connectivity index (χ3n) is 4.39. The van der Waals surface area contributed by atoms with Crippen molar-refractivity contribution in [2.75, 3.05) is 11.5 Å². The largest absolute Gasteiger partial charge is 0.479 e. The molecule has 1 aliphatic heterocycles. The summed E-state index contributed by atoms with van der Waals surface area (Å²) in [4.78, 5) is 27.0. The number of allylic oxidation sites excluding steroid dienone is 1. The summed E-state index contributed by atoms with van der Waals surface area (Å²) in [6.07, 6.45) is 8.96. The van der Waals surface area contributed by atoms with Crippen molar-refractivity contribution in [3.8, 4) is 18.1 Å². The second kappa shape index (κ2) is 10.3. The minimum absolute atomic E-state index is 0.0899. The Hall–Kier alpha value is -2.63. The number of hydrogen-bond acceptors (Lipinski definition) is 4. The molecule has 0 aromatic heterocycles. The molecular formula is C23H15BrCl2N2O3S. The summed E-state index contributed by atoms with van der Waals surface area (Å²) < 4.78 is 6.24. The fraction of sp³-hybridized carbons (Fsp3) is 0.0870. The van der Waals surface area contributed by atoms with Crippen LogP contribution in [0.1, 0.15) is 11.1 Å². The molecule has 32 heavy (non-hydrogen) atoms. The first-order valence-corrected chi connectivity index (χ1v) is 11.1. The summed E-state index contributed by atoms with van der Waals surface area (Å²) in [6, 6.07) is 8.31. The van der Waals surface area contributed by atoms with Gasteiger partial charge in [0.15, 0.2) is 5.11 Å². The number of hydrogen-bond donors (Lipinski definition) is 1. The summed E-state index contributed by atoms with van der Waals surface area (Å²) in [7, 11) is 0. The second-order valence-electron chi connectivity index (χ2n) is 6.51. The molecule has 2 aromatic rings. The molecule has 0 aliphatic carbocycles. The van der Waals surface area contributed by atoms with E-state index in [9.17, 15) is 9.59 Å². The van der Waals surface area contributed by atoms with Crippen LogP contribution in [0.5, 0.6) is 5.75 Å². The van der Waals surface area contributed by atoms with Crippen molar-refractivity contribution in [3.63, 3.8) is 0 Å². The predicted molar refractivity (Wildman–Crippen MR) is 135 cm³/mol. The average Bonchev–Trinajstić information content (AvgIpc) is 2.73. The van der Waals surface area contributed by atoms with E-state index < -0.39 is 11.8 Å². The number of nitrogens with one attached hydrogen (secondary N) is 1. The fourth-order valence-corrected chi connectivity index (χ4v) is 4.34. The van der Waals surface area contributed by atoms with Gasteiger partial charge in [0.25, 0.3) is 11.8 Å². The topological polar surface area (TPSA) is 58.6 Å². The van der Waals surface area contributed by atoms with Crippen molar-refractivity contribution in [1.82, 2.24) is 5.32 Å². The zero-order chi connectivity index (χ0) is 23.4. The lowest BCUT2D eigenvalue weighted by molar-refractivity contribution is -0.122. The van der Waals surface area contributed by atoms with Crippen LogP contribution >= 0.6 is 51.3 Å². The van der Waals surface area contributed by atoms with Crippen molar-refractivity contribution in [2.45, 2.75) is 6.42 Å². The minimum atomic E-state index is -0.628. The molecular weight excluding hydrogens is 535 g/mol. The van der Waals surface area contributed by atoms with Gasteiger partial charge >= 0.3 is 0 Å². The molecule has 5 nitrogen and oxygen atoms in total. The van der Waals surface area contributed by atoms with Gasteiger partial charge in [0, 0.05) is 0 Å². The van der Waals surface area contributed by atoms with E-state index in [0.29, 0.717) is 22.2 Å². The van der Waals surface area contributed by atoms with Crippen LogP contribution in [0.15, 0.2) is 53.0 Å². The highest BCUT2D eigenvalue weighted by Crippen LogP contribution is 2.35. The van der Waals surface area contributed by atoms with Crippen LogP contribution in [-0.2, 0) is 16.0 Å². The van der Waals surface area contributed by atoms with Crippen LogP contribution in [0.4, 0.5) is 5.69 Å². The summed E-state index contributed by atoms with van der Waals surface area (Å²) in [5, 5.41) is 2.83. The molecule has 0 radical (unpaired) electrons. The Labute approximate surface area is 209 Å². The quantitative estimate of drug-likeness (QED) is 0.174. The lowest BCUT2D eigenvalue weighted by Crippen LogP contribution is -2.54. The van der Waals surface area contributed by atoms with E-state index in [2.05, 4.69) is 33.7 Å². The van der Waals surface area contributed by atoms with Crippen LogP contribution in [0.25, 0.3) is 6.08 Å². The molecule has 1 saturated heterocycles. The number of nitrogens with zero attached hydrogens (tertiary/aromatic N) is 1. The molecule has 3 rings (SSSR count). The number of rotatable bonds is 6. The van der Waals surface area contributed by atoms with Crippen LogP contribution in [0.3, 0.4) is 0 Å². The molecule has 162 valence electrons. The third kappa shape index (κ3) is 4.89. The number of carbonyl (C=O) groups excluding carboxylic acids is 2. The summed E-state index contributed by atoms with van der Waals surface area (Å²) in [5.74, 6) is 1.74. The number of anilines is 1. The average molecular weight is 550 g/mol. The van der Waals surface area contributed by atoms with Crippen molar-refractivity contribution < 1.29 is 14.3 Å². The highest BCUT2D eigenvalue weighted by atomic mass is 79.9. The van der Waals surface area contributed by atoms with E-state index in [4.69, 9.17) is 46.6 Å². The summed E-state index contributed by atoms with van der Waals surface area (Å²) in [5.41, 5.74) is 1.52. The fourth-order valence-electron chi connectivity index (χ4n) is 3.05. The molecule has 9 heteroatoms. The highest BCUT2D eigenvalue weighted by Gasteiger charge is 2.35. The number of benzene rings is 2. The Morgan fingerprint density at radius 2 is 2.06 bits per heavy atom. The standard InChI is InChI=1S/C23H15BrCl2N2O3S/c1-3-6-14-10-13(12-16(24)20(14)31-9-4-2)11-15-21(29)27-23(32)28(22(15)30)18-8-5-7-17(25)19(18)26/h2-3,5,7-8,10-12H,1,6,9H2,(H,27,29,32)/b15-11+. The zero-order valence-electron chi connectivity index (χ0n) is 16.5. The molecule has 1 fully saturated rings. The SMILES string of the molecule is C#CCOc1c(Br)cc(/C=C2\C(=O)NC(=S)N(c3cccc(Cl)c3Cl)C2=O)cc1CC=C. The van der Waals surface area contributed by atoms with Gasteiger partial charge in [0.05, 0.1) is 20.2 Å². The molecule has 0 atom stereocenters. The predicted octanol–water partition coefficient (Wildman–Crippen LogP) is 5.33. The first-order valence-electron chi connectivity index (χ1n) is 9.13. The van der Waals surface area contributed by atoms with E-state index in [1.807, 2.05) is 0 Å². The van der Waals surface area contributed by atoms with E-state index in [1.54, 1.807) is 36.4 Å². The van der Waals surface area contributed by atoms with E-state index in [-0.39, 0.29) is 33.0 Å². The summed E-state index contributed by atoms with van der Waals surface area (Å²) in [6.45, 7) is 3.85. The normalized spacial score (nSPS) is 14.9. The van der Waals surface area contributed by atoms with Gasteiger partial charge in [-0.05, 0) is 76.0 Å². The zero-order valence-corrected chi connectivity index (χ0v) is 20.4. The number of amides is 2. The van der Waals surface area contributed by atoms with Crippen LogP contribution in [0, 0.1) is 12.3 Å². The van der Waals surface area contributed by atoms with Gasteiger partial charge < -0.3 is 4.74 Å². The van der Waals surface area contributed by atoms with Gasteiger partial charge in [-0.25, -0.2) is 0 Å². The maximum atomic E-state index is 13.3. The first kappa shape index (κ1) is 24.0. The highest BCUT2D eigenvalue weighted by molar-refractivity contribution is 9.10. The van der Waals surface area contributed by atoms with Crippen LogP contribution in [0.2, 0.25) is 10.0 Å². The van der Waals surface area contributed by atoms with Gasteiger partial charge in [-0.15, -0.1) is 13.0 Å². The first-order chi connectivity index (χ1) is 15.3. The third-order valence-corrected chi connectivity index (χ3v) is 6.07. The molecule has 2 amide bonds. The molecule has 2 aromatic carbocycles. The molecule has 0 spiro atoms. The van der Waals surface area contributed by atoms with Gasteiger partial charge in [0.2, 0.25) is 0 Å². The molecule has 0 saturated carbocycles. The van der Waals surface area contributed by atoms with E-state index >= 15 is 0 Å². The number of halogens is 3. The Balaban J connectivity index is 2.07. The molecule has 0 unspecified atom stereocenters. The molecule has 1 N–H and O–H groups in total. The Kier molecular flexibility index (Phi) is 7.75. The van der Waals surface area contributed by atoms with Crippen molar-refractivity contribution in [1.29, 1.82) is 0 Å². The van der Waals surface area contributed by atoms with Crippen molar-refractivity contribution >= 4 is 80.0 Å². The van der Waals surface area contributed by atoms with Gasteiger partial charge in [-0.3, -0.25) is 19.8 Å². The monoisotopic (exact) mass is 548 g/mol. The maximum absolute atomic E-state index is 13.3. The van der Waals surface area contributed by atoms with Crippen molar-refractivity contribution in [3.05, 3.63) is 74.2 Å². The maximum Gasteiger partial charge on any atom is 0.270 e. The van der Waals surface area contributed by atoms with Gasteiger partial charge in [0.1, 0.15) is 17.9 Å². The lowest BCUT2D eigenvalue weighted by atomic mass is 10.0. The molecule has 1 aliphatic rings. The Morgan fingerprint density at radius 3 is 2.75 bits per heavy atom. The van der Waals surface area contributed by atoms with Crippen LogP contribution < -0.4 is 15.0 Å². The lowest BCUT2D eigenvalue weighted by Gasteiger charge is -2.29. The van der Waals surface area contributed by atoms with Gasteiger partial charge in [-0.2, -0.15) is 0 Å². The number of carbonyl (C=O) groups is 2. The number of thiocarbonyl (C=S) groups is 1. The smallest absolute Gasteiger partial charge is 0.270 e. The van der Waals surface area contributed by atoms with E-state index in [1.165, 1.54) is 6.08 Å². The summed E-state index contributed by atoms with van der Waals surface area (Å²) >= 11 is 21.0. The molecule has 1 heterocycles. The molecule has 0 bridgehead atoms.